The molecule has 14 heavy (non-hydrogen) atoms. The van der Waals surface area contributed by atoms with Crippen molar-refractivity contribution in [2.45, 2.75) is 6.92 Å². The molecule has 0 saturated heterocycles. The molecule has 0 N–H and O–H groups in total. The van der Waals surface area contributed by atoms with Gasteiger partial charge in [-0.3, -0.25) is 14.9 Å². The summed E-state index contributed by atoms with van der Waals surface area (Å²) in [6.45, 7) is 4.96. The average Bonchev–Trinajstić information content (AvgIpc) is 2.16. The summed E-state index contributed by atoms with van der Waals surface area (Å²) in [4.78, 5) is 21.4. The first kappa shape index (κ1) is 10.1. The third-order valence-electron chi connectivity index (χ3n) is 1.88. The van der Waals surface area contributed by atoms with Gasteiger partial charge < -0.3 is 0 Å². The molecule has 0 atom stereocenters. The second kappa shape index (κ2) is 3.83. The third-order valence-corrected chi connectivity index (χ3v) is 1.88. The van der Waals surface area contributed by atoms with Crippen LogP contribution in [0.4, 0.5) is 5.69 Å². The van der Waals surface area contributed by atoms with Crippen molar-refractivity contribution in [3.05, 3.63) is 52.1 Å². The summed E-state index contributed by atoms with van der Waals surface area (Å²) in [6.07, 6.45) is 1.08. The first-order valence-corrected chi connectivity index (χ1v) is 3.98. The summed E-state index contributed by atoms with van der Waals surface area (Å²) >= 11 is 0. The number of aryl methyl sites for hydroxylation is 1. The Bertz CT molecular complexity index is 410. The summed E-state index contributed by atoms with van der Waals surface area (Å²) in [7, 11) is 0. The Balaban J connectivity index is 3.44. The number of nitro benzene ring substituents is 1. The molecule has 0 radical (unpaired) electrons. The van der Waals surface area contributed by atoms with Crippen LogP contribution in [0.5, 0.6) is 0 Å². The molecule has 0 fully saturated rings. The van der Waals surface area contributed by atoms with E-state index in [9.17, 15) is 14.9 Å². The van der Waals surface area contributed by atoms with Crippen molar-refractivity contribution in [1.82, 2.24) is 0 Å². The van der Waals surface area contributed by atoms with Gasteiger partial charge in [-0.25, -0.2) is 0 Å². The van der Waals surface area contributed by atoms with E-state index < -0.39 is 10.7 Å². The summed E-state index contributed by atoms with van der Waals surface area (Å²) in [5.74, 6) is -0.421. The zero-order valence-electron chi connectivity index (χ0n) is 7.69. The zero-order valence-corrected chi connectivity index (χ0v) is 7.69. The Labute approximate surface area is 81.0 Å². The van der Waals surface area contributed by atoms with Crippen LogP contribution in [0, 0.1) is 17.0 Å². The number of carbonyl (C=O) groups is 1. The molecule has 0 aliphatic carbocycles. The minimum Gasteiger partial charge on any atom is -0.289 e. The van der Waals surface area contributed by atoms with Crippen molar-refractivity contribution in [2.24, 2.45) is 0 Å². The Morgan fingerprint density at radius 1 is 1.57 bits per heavy atom. The van der Waals surface area contributed by atoms with Crippen molar-refractivity contribution in [3.63, 3.8) is 0 Å². The molecule has 0 bridgehead atoms. The molecule has 0 aliphatic rings. The number of nitro groups is 1. The van der Waals surface area contributed by atoms with Gasteiger partial charge in [0.1, 0.15) is 5.56 Å². The first-order valence-electron chi connectivity index (χ1n) is 3.98. The van der Waals surface area contributed by atoms with Crippen LogP contribution in [0.15, 0.2) is 30.9 Å². The maximum absolute atomic E-state index is 11.3. The Morgan fingerprint density at radius 2 is 2.21 bits per heavy atom. The molecule has 1 aromatic carbocycles. The molecule has 0 saturated carbocycles. The van der Waals surface area contributed by atoms with Gasteiger partial charge in [0.2, 0.25) is 0 Å². The molecule has 72 valence electrons. The van der Waals surface area contributed by atoms with Crippen molar-refractivity contribution in [1.29, 1.82) is 0 Å². The van der Waals surface area contributed by atoms with E-state index in [1.54, 1.807) is 19.1 Å². The average molecular weight is 191 g/mol. The molecule has 0 aromatic heterocycles. The molecular weight excluding hydrogens is 182 g/mol. The standard InChI is InChI=1S/C10H9NO3/c1-3-9(12)10-7(2)5-4-6-8(10)11(13)14/h3-6H,1H2,2H3. The zero-order chi connectivity index (χ0) is 10.7. The van der Waals surface area contributed by atoms with Crippen molar-refractivity contribution in [2.75, 3.05) is 0 Å². The van der Waals surface area contributed by atoms with Crippen LogP contribution >= 0.6 is 0 Å². The Kier molecular flexibility index (Phi) is 2.76. The van der Waals surface area contributed by atoms with Gasteiger partial charge in [-0.1, -0.05) is 18.7 Å². The molecule has 4 heteroatoms. The summed E-state index contributed by atoms with van der Waals surface area (Å²) in [5, 5.41) is 10.6. The highest BCUT2D eigenvalue weighted by molar-refractivity contribution is 6.08. The fourth-order valence-electron chi connectivity index (χ4n) is 1.23. The highest BCUT2D eigenvalue weighted by Crippen LogP contribution is 2.22. The number of carbonyl (C=O) groups excluding carboxylic acids is 1. The second-order valence-corrected chi connectivity index (χ2v) is 2.79. The van der Waals surface area contributed by atoms with Crippen molar-refractivity contribution in [3.8, 4) is 0 Å². The predicted octanol–water partition coefficient (Wildman–Crippen LogP) is 2.27. The number of hydrogen-bond donors (Lipinski definition) is 0. The number of hydrogen-bond acceptors (Lipinski definition) is 3. The van der Waals surface area contributed by atoms with Crippen LogP contribution in [0.3, 0.4) is 0 Å². The molecule has 0 amide bonds. The molecule has 4 nitrogen and oxygen atoms in total. The fourth-order valence-corrected chi connectivity index (χ4v) is 1.23. The van der Waals surface area contributed by atoms with Crippen molar-refractivity contribution < 1.29 is 9.72 Å². The molecular formula is C10H9NO3. The topological polar surface area (TPSA) is 60.2 Å². The lowest BCUT2D eigenvalue weighted by atomic mass is 10.0. The monoisotopic (exact) mass is 191 g/mol. The lowest BCUT2D eigenvalue weighted by Gasteiger charge is -2.01. The number of nitrogens with zero attached hydrogens (tertiary/aromatic N) is 1. The number of allylic oxidation sites excluding steroid dienone is 1. The second-order valence-electron chi connectivity index (χ2n) is 2.79. The smallest absolute Gasteiger partial charge is 0.280 e. The normalized spacial score (nSPS) is 9.50. The lowest BCUT2D eigenvalue weighted by Crippen LogP contribution is -2.03. The molecule has 1 aromatic rings. The van der Waals surface area contributed by atoms with Gasteiger partial charge in [0.15, 0.2) is 5.78 Å². The van der Waals surface area contributed by atoms with E-state index in [1.165, 1.54) is 6.07 Å². The van der Waals surface area contributed by atoms with E-state index in [0.29, 0.717) is 5.56 Å². The maximum atomic E-state index is 11.3. The Hall–Kier alpha value is -1.97. The van der Waals surface area contributed by atoms with Gasteiger partial charge in [-0.2, -0.15) is 0 Å². The predicted molar refractivity (Wildman–Crippen MR) is 52.4 cm³/mol. The van der Waals surface area contributed by atoms with Crippen LogP contribution < -0.4 is 0 Å². The van der Waals surface area contributed by atoms with Gasteiger partial charge >= 0.3 is 0 Å². The summed E-state index contributed by atoms with van der Waals surface area (Å²) < 4.78 is 0. The van der Waals surface area contributed by atoms with E-state index in [1.807, 2.05) is 0 Å². The summed E-state index contributed by atoms with van der Waals surface area (Å²) in [5.41, 5.74) is 0.534. The summed E-state index contributed by atoms with van der Waals surface area (Å²) in [6, 6.07) is 4.51. The van der Waals surface area contributed by atoms with Gasteiger partial charge in [-0.15, -0.1) is 0 Å². The van der Waals surface area contributed by atoms with Crippen molar-refractivity contribution >= 4 is 11.5 Å². The molecule has 0 spiro atoms. The van der Waals surface area contributed by atoms with E-state index >= 15 is 0 Å². The van der Waals surface area contributed by atoms with Crippen LogP contribution in [-0.2, 0) is 0 Å². The first-order chi connectivity index (χ1) is 6.57. The number of ketones is 1. The minimum atomic E-state index is -0.566. The quantitative estimate of drug-likeness (QED) is 0.318. The van der Waals surface area contributed by atoms with E-state index in [-0.39, 0.29) is 11.3 Å². The van der Waals surface area contributed by atoms with Gasteiger partial charge in [0.05, 0.1) is 4.92 Å². The fraction of sp³-hybridized carbons (Fsp3) is 0.100. The Morgan fingerprint density at radius 3 is 2.71 bits per heavy atom. The SMILES string of the molecule is C=CC(=O)c1c(C)cccc1[N+](=O)[O-]. The third kappa shape index (κ3) is 1.69. The van der Waals surface area contributed by atoms with Crippen LogP contribution in [0.25, 0.3) is 0 Å². The molecule has 0 unspecified atom stereocenters. The van der Waals surface area contributed by atoms with Crippen LogP contribution in [-0.4, -0.2) is 10.7 Å². The highest BCUT2D eigenvalue weighted by atomic mass is 16.6. The molecule has 1 rings (SSSR count). The van der Waals surface area contributed by atoms with Crippen LogP contribution in [0.1, 0.15) is 15.9 Å². The number of rotatable bonds is 3. The lowest BCUT2D eigenvalue weighted by molar-refractivity contribution is -0.385. The van der Waals surface area contributed by atoms with E-state index in [4.69, 9.17) is 0 Å². The largest absolute Gasteiger partial charge is 0.289 e. The van der Waals surface area contributed by atoms with Gasteiger partial charge in [0, 0.05) is 6.07 Å². The van der Waals surface area contributed by atoms with E-state index in [0.717, 1.165) is 6.08 Å². The van der Waals surface area contributed by atoms with Crippen LogP contribution in [0.2, 0.25) is 0 Å². The minimum absolute atomic E-state index is 0.118. The van der Waals surface area contributed by atoms with E-state index in [2.05, 4.69) is 6.58 Å². The highest BCUT2D eigenvalue weighted by Gasteiger charge is 2.19. The van der Waals surface area contributed by atoms with Gasteiger partial charge in [0.25, 0.3) is 5.69 Å². The van der Waals surface area contributed by atoms with Gasteiger partial charge in [-0.05, 0) is 18.6 Å². The number of benzene rings is 1. The molecule has 0 heterocycles. The maximum Gasteiger partial charge on any atom is 0.280 e. The molecule has 0 aliphatic heterocycles.